The Balaban J connectivity index is 2.06. The molecule has 1 aliphatic rings. The van der Waals surface area contributed by atoms with Crippen LogP contribution in [0.1, 0.15) is 18.1 Å². The first-order chi connectivity index (χ1) is 7.50. The number of likely N-dealkylation sites (N-methyl/N-ethyl adjacent to an activating group) is 1. The molecular formula is C12H14F3N. The molecule has 1 saturated heterocycles. The third-order valence-corrected chi connectivity index (χ3v) is 2.96. The second-order valence-corrected chi connectivity index (χ2v) is 4.14. The molecule has 0 aromatic heterocycles. The second kappa shape index (κ2) is 4.09. The Morgan fingerprint density at radius 3 is 2.69 bits per heavy atom. The Bertz CT molecular complexity index is 373. The van der Waals surface area contributed by atoms with Crippen molar-refractivity contribution in [1.29, 1.82) is 0 Å². The standard InChI is InChI=1S/C12H14F3N/c1-2-16-8-11(16)7-9-4-3-5-10(6-9)12(13,14)15/h3-6,11H,2,7-8H2,1H3. The Labute approximate surface area is 92.9 Å². The van der Waals surface area contributed by atoms with Crippen LogP contribution in [0.4, 0.5) is 13.2 Å². The van der Waals surface area contributed by atoms with Crippen LogP contribution in [0.5, 0.6) is 0 Å². The number of benzene rings is 1. The summed E-state index contributed by atoms with van der Waals surface area (Å²) in [6.07, 6.45) is -3.51. The van der Waals surface area contributed by atoms with E-state index < -0.39 is 11.7 Å². The maximum atomic E-state index is 12.5. The van der Waals surface area contributed by atoms with Gasteiger partial charge in [-0.15, -0.1) is 0 Å². The van der Waals surface area contributed by atoms with Gasteiger partial charge >= 0.3 is 6.18 Å². The fraction of sp³-hybridized carbons (Fsp3) is 0.500. The lowest BCUT2D eigenvalue weighted by atomic mass is 10.1. The van der Waals surface area contributed by atoms with E-state index in [0.29, 0.717) is 6.04 Å². The third-order valence-electron chi connectivity index (χ3n) is 2.96. The topological polar surface area (TPSA) is 3.01 Å². The number of rotatable bonds is 3. The van der Waals surface area contributed by atoms with Crippen molar-refractivity contribution in [1.82, 2.24) is 4.90 Å². The summed E-state index contributed by atoms with van der Waals surface area (Å²) in [5.74, 6) is 0. The number of hydrogen-bond donors (Lipinski definition) is 0. The second-order valence-electron chi connectivity index (χ2n) is 4.14. The van der Waals surface area contributed by atoms with Crippen LogP contribution in [0, 0.1) is 0 Å². The Hall–Kier alpha value is -1.03. The summed E-state index contributed by atoms with van der Waals surface area (Å²) in [6, 6.07) is 6.06. The minimum atomic E-state index is -4.23. The molecule has 1 fully saturated rings. The van der Waals surface area contributed by atoms with Gasteiger partial charge in [0.2, 0.25) is 0 Å². The first kappa shape index (κ1) is 11.5. The lowest BCUT2D eigenvalue weighted by Gasteiger charge is -2.08. The highest BCUT2D eigenvalue weighted by Crippen LogP contribution is 2.30. The highest BCUT2D eigenvalue weighted by Gasteiger charge is 2.33. The average Bonchev–Trinajstić information content (AvgIpc) is 2.95. The van der Waals surface area contributed by atoms with E-state index in [0.717, 1.165) is 31.1 Å². The van der Waals surface area contributed by atoms with E-state index in [1.807, 2.05) is 0 Å². The van der Waals surface area contributed by atoms with Crippen molar-refractivity contribution in [3.8, 4) is 0 Å². The van der Waals surface area contributed by atoms with Crippen molar-refractivity contribution in [2.75, 3.05) is 13.1 Å². The van der Waals surface area contributed by atoms with Crippen LogP contribution < -0.4 is 0 Å². The molecule has 4 heteroatoms. The van der Waals surface area contributed by atoms with Crippen LogP contribution in [-0.4, -0.2) is 24.0 Å². The molecule has 16 heavy (non-hydrogen) atoms. The summed E-state index contributed by atoms with van der Waals surface area (Å²) in [5.41, 5.74) is 0.226. The van der Waals surface area contributed by atoms with Gasteiger partial charge in [-0.25, -0.2) is 0 Å². The summed E-state index contributed by atoms with van der Waals surface area (Å²) in [6.45, 7) is 4.04. The van der Waals surface area contributed by atoms with Crippen LogP contribution in [0.25, 0.3) is 0 Å². The van der Waals surface area contributed by atoms with Crippen molar-refractivity contribution < 1.29 is 13.2 Å². The Kier molecular flexibility index (Phi) is 2.93. The Morgan fingerprint density at radius 2 is 2.12 bits per heavy atom. The SMILES string of the molecule is CCN1CC1Cc1cccc(C(F)(F)F)c1. The maximum Gasteiger partial charge on any atom is 0.416 e. The molecule has 1 aromatic carbocycles. The monoisotopic (exact) mass is 229 g/mol. The number of hydrogen-bond acceptors (Lipinski definition) is 1. The zero-order valence-electron chi connectivity index (χ0n) is 9.09. The lowest BCUT2D eigenvalue weighted by molar-refractivity contribution is -0.137. The molecule has 2 unspecified atom stereocenters. The van der Waals surface area contributed by atoms with Gasteiger partial charge < -0.3 is 0 Å². The molecule has 0 amide bonds. The van der Waals surface area contributed by atoms with E-state index in [9.17, 15) is 13.2 Å². The van der Waals surface area contributed by atoms with Crippen molar-refractivity contribution >= 4 is 0 Å². The van der Waals surface area contributed by atoms with Gasteiger partial charge in [-0.2, -0.15) is 13.2 Å². The number of halogens is 3. The summed E-state index contributed by atoms with van der Waals surface area (Å²) in [4.78, 5) is 2.24. The minimum Gasteiger partial charge on any atom is -0.297 e. The first-order valence-electron chi connectivity index (χ1n) is 5.41. The quantitative estimate of drug-likeness (QED) is 0.720. The molecule has 1 aromatic rings. The average molecular weight is 229 g/mol. The maximum absolute atomic E-state index is 12.5. The van der Waals surface area contributed by atoms with Crippen LogP contribution in [0.2, 0.25) is 0 Å². The molecule has 0 bridgehead atoms. The summed E-state index contributed by atoms with van der Waals surface area (Å²) >= 11 is 0. The van der Waals surface area contributed by atoms with E-state index >= 15 is 0 Å². The summed E-state index contributed by atoms with van der Waals surface area (Å²) < 4.78 is 37.4. The van der Waals surface area contributed by atoms with Crippen molar-refractivity contribution in [2.24, 2.45) is 0 Å². The smallest absolute Gasteiger partial charge is 0.297 e. The predicted octanol–water partition coefficient (Wildman–Crippen LogP) is 2.95. The lowest BCUT2D eigenvalue weighted by Crippen LogP contribution is -2.07. The normalized spacial score (nSPS) is 24.5. The first-order valence-corrected chi connectivity index (χ1v) is 5.41. The van der Waals surface area contributed by atoms with E-state index in [2.05, 4.69) is 11.8 Å². The van der Waals surface area contributed by atoms with Gasteiger partial charge in [-0.1, -0.05) is 25.1 Å². The van der Waals surface area contributed by atoms with Crippen molar-refractivity contribution in [3.05, 3.63) is 35.4 Å². The molecular weight excluding hydrogens is 215 g/mol. The van der Waals surface area contributed by atoms with Gasteiger partial charge in [0.25, 0.3) is 0 Å². The fourth-order valence-electron chi connectivity index (χ4n) is 1.95. The van der Waals surface area contributed by atoms with E-state index in [1.54, 1.807) is 6.07 Å². The number of nitrogens with zero attached hydrogens (tertiary/aromatic N) is 1. The van der Waals surface area contributed by atoms with E-state index in [4.69, 9.17) is 0 Å². The molecule has 0 N–H and O–H groups in total. The van der Waals surface area contributed by atoms with Crippen LogP contribution in [0.3, 0.4) is 0 Å². The van der Waals surface area contributed by atoms with Gasteiger partial charge in [0.15, 0.2) is 0 Å². The van der Waals surface area contributed by atoms with Gasteiger partial charge in [0.1, 0.15) is 0 Å². The highest BCUT2D eigenvalue weighted by molar-refractivity contribution is 5.27. The molecule has 0 aliphatic carbocycles. The van der Waals surface area contributed by atoms with Crippen molar-refractivity contribution in [3.63, 3.8) is 0 Å². The zero-order valence-corrected chi connectivity index (χ0v) is 9.09. The van der Waals surface area contributed by atoms with E-state index in [-0.39, 0.29) is 0 Å². The third kappa shape index (κ3) is 2.55. The number of alkyl halides is 3. The van der Waals surface area contributed by atoms with Gasteiger partial charge in [-0.3, -0.25) is 4.90 Å². The molecule has 0 saturated carbocycles. The molecule has 0 radical (unpaired) electrons. The van der Waals surface area contributed by atoms with Crippen LogP contribution in [-0.2, 0) is 12.6 Å². The van der Waals surface area contributed by atoms with Gasteiger partial charge in [-0.05, 0) is 24.6 Å². The van der Waals surface area contributed by atoms with Crippen LogP contribution >= 0.6 is 0 Å². The van der Waals surface area contributed by atoms with Gasteiger partial charge in [0, 0.05) is 12.6 Å². The van der Waals surface area contributed by atoms with Crippen molar-refractivity contribution in [2.45, 2.75) is 25.6 Å². The zero-order chi connectivity index (χ0) is 11.8. The highest BCUT2D eigenvalue weighted by atomic mass is 19.4. The predicted molar refractivity (Wildman–Crippen MR) is 56.2 cm³/mol. The molecule has 2 rings (SSSR count). The minimum absolute atomic E-state index is 0.438. The Morgan fingerprint density at radius 1 is 1.38 bits per heavy atom. The molecule has 1 aliphatic heterocycles. The largest absolute Gasteiger partial charge is 0.416 e. The van der Waals surface area contributed by atoms with Gasteiger partial charge in [0.05, 0.1) is 5.56 Å². The molecule has 1 nitrogen and oxygen atoms in total. The molecule has 2 atom stereocenters. The molecule has 88 valence electrons. The molecule has 1 heterocycles. The van der Waals surface area contributed by atoms with Crippen LogP contribution in [0.15, 0.2) is 24.3 Å². The fourth-order valence-corrected chi connectivity index (χ4v) is 1.95. The van der Waals surface area contributed by atoms with E-state index in [1.165, 1.54) is 12.1 Å². The molecule has 0 spiro atoms. The summed E-state index contributed by atoms with van der Waals surface area (Å²) in [7, 11) is 0. The summed E-state index contributed by atoms with van der Waals surface area (Å²) in [5, 5.41) is 0.